The Bertz CT molecular complexity index is 1480. The Morgan fingerprint density at radius 1 is 1.03 bits per heavy atom. The van der Waals surface area contributed by atoms with E-state index >= 15 is 0 Å². The van der Waals surface area contributed by atoms with E-state index in [1.165, 1.54) is 10.8 Å². The van der Waals surface area contributed by atoms with Gasteiger partial charge in [-0.1, -0.05) is 50.2 Å². The number of rotatable bonds is 6. The molecule has 1 atom stereocenters. The van der Waals surface area contributed by atoms with Crippen molar-refractivity contribution in [3.05, 3.63) is 73.3 Å². The summed E-state index contributed by atoms with van der Waals surface area (Å²) in [5.41, 5.74) is 4.80. The van der Waals surface area contributed by atoms with Crippen LogP contribution in [0.25, 0.3) is 38.8 Å². The van der Waals surface area contributed by atoms with Gasteiger partial charge >= 0.3 is 0 Å². The van der Waals surface area contributed by atoms with Crippen molar-refractivity contribution in [2.45, 2.75) is 38.8 Å². The predicted molar refractivity (Wildman–Crippen MR) is 143 cm³/mol. The fourth-order valence-electron chi connectivity index (χ4n) is 5.08. The molecule has 0 aliphatic carbocycles. The largest absolute Gasteiger partial charge is 0.338 e. The van der Waals surface area contributed by atoms with Gasteiger partial charge in [0, 0.05) is 44.6 Å². The minimum Gasteiger partial charge on any atom is -0.338 e. The van der Waals surface area contributed by atoms with Crippen molar-refractivity contribution in [2.75, 3.05) is 18.0 Å². The Kier molecular flexibility index (Phi) is 5.62. The van der Waals surface area contributed by atoms with Crippen LogP contribution in [-0.4, -0.2) is 49.7 Å². The van der Waals surface area contributed by atoms with Crippen molar-refractivity contribution in [1.82, 2.24) is 29.9 Å². The smallest absolute Gasteiger partial charge is 0.213 e. The van der Waals surface area contributed by atoms with Crippen LogP contribution in [0.1, 0.15) is 28.1 Å². The Morgan fingerprint density at radius 3 is 2.69 bits per heavy atom. The van der Waals surface area contributed by atoms with Crippen molar-refractivity contribution < 1.29 is 1.43 Å². The van der Waals surface area contributed by atoms with E-state index in [0.717, 1.165) is 59.9 Å². The van der Waals surface area contributed by atoms with Gasteiger partial charge in [-0.05, 0) is 47.4 Å². The summed E-state index contributed by atoms with van der Waals surface area (Å²) in [6.07, 6.45) is 7.72. The van der Waals surface area contributed by atoms with Crippen LogP contribution in [0.2, 0.25) is 0 Å². The van der Waals surface area contributed by atoms with E-state index in [9.17, 15) is 0 Å². The molecule has 6 rings (SSSR count). The molecule has 1 N–H and O–H groups in total. The van der Waals surface area contributed by atoms with Crippen LogP contribution in [-0.2, 0) is 0 Å². The van der Waals surface area contributed by atoms with E-state index in [4.69, 9.17) is 4.98 Å². The second-order valence-corrected chi connectivity index (χ2v) is 9.51. The van der Waals surface area contributed by atoms with E-state index in [-0.39, 0.29) is 1.43 Å². The number of hydrogen-bond donors (Lipinski definition) is 1. The predicted octanol–water partition coefficient (Wildman–Crippen LogP) is 5.22. The molecule has 7 heteroatoms. The van der Waals surface area contributed by atoms with Crippen LogP contribution in [0.4, 0.5) is 5.95 Å². The molecule has 3 aromatic heterocycles. The number of hydrogen-bond acceptors (Lipinski definition) is 6. The summed E-state index contributed by atoms with van der Waals surface area (Å²) < 4.78 is 2.06. The van der Waals surface area contributed by atoms with Gasteiger partial charge in [0.05, 0.1) is 11.3 Å². The molecule has 35 heavy (non-hydrogen) atoms. The van der Waals surface area contributed by atoms with Crippen LogP contribution >= 0.6 is 0 Å². The molecule has 1 saturated heterocycles. The van der Waals surface area contributed by atoms with Crippen molar-refractivity contribution in [3.63, 3.8) is 0 Å². The van der Waals surface area contributed by atoms with Crippen molar-refractivity contribution in [2.24, 2.45) is 0 Å². The lowest BCUT2D eigenvalue weighted by molar-refractivity contribution is 0.520. The molecule has 4 heterocycles. The highest BCUT2D eigenvalue weighted by molar-refractivity contribution is 5.95. The standard InChI is InChI=1S/C28H29N7.H2/c1-19(2)30-17-24-8-5-15-34(24)28-32-26(21-11-13-29-14-12-21)25(27-33-31-18-35(27)28)23-10-9-20-6-3-4-7-22(20)16-23;/h3-4,6-7,9-14,16,18-19,24,30H,5,8,15,17H2,1-2H3;1H/t24-;/m0./s1. The van der Waals surface area contributed by atoms with Crippen LogP contribution in [0.15, 0.2) is 73.3 Å². The van der Waals surface area contributed by atoms with Crippen molar-refractivity contribution >= 4 is 22.4 Å². The highest BCUT2D eigenvalue weighted by atomic mass is 15.4. The highest BCUT2D eigenvalue weighted by Gasteiger charge is 2.30. The third-order valence-electron chi connectivity index (χ3n) is 6.82. The Labute approximate surface area is 206 Å². The third kappa shape index (κ3) is 4.02. The molecule has 0 saturated carbocycles. The SMILES string of the molecule is CC(C)NC[C@@H]1CCCN1c1nc(-c2ccncc2)c(-c2ccc3ccccc3c2)c2nncn12.[HH]. The monoisotopic (exact) mass is 465 g/mol. The molecule has 1 aliphatic heterocycles. The highest BCUT2D eigenvalue weighted by Crippen LogP contribution is 2.38. The maximum atomic E-state index is 5.31. The van der Waals surface area contributed by atoms with Gasteiger partial charge in [0.1, 0.15) is 6.33 Å². The first-order chi connectivity index (χ1) is 17.2. The molecule has 0 amide bonds. The van der Waals surface area contributed by atoms with E-state index in [1.54, 1.807) is 6.33 Å². The number of benzene rings is 2. The normalized spacial score (nSPS) is 16.1. The Morgan fingerprint density at radius 2 is 1.86 bits per heavy atom. The average molecular weight is 466 g/mol. The molecular weight excluding hydrogens is 434 g/mol. The molecule has 7 nitrogen and oxygen atoms in total. The zero-order valence-corrected chi connectivity index (χ0v) is 20.1. The fraction of sp³-hybridized carbons (Fsp3) is 0.286. The molecule has 1 aliphatic rings. The first-order valence-corrected chi connectivity index (χ1v) is 12.3. The maximum Gasteiger partial charge on any atom is 0.213 e. The summed E-state index contributed by atoms with van der Waals surface area (Å²) >= 11 is 0. The quantitative estimate of drug-likeness (QED) is 0.371. The summed E-state index contributed by atoms with van der Waals surface area (Å²) in [5.74, 6) is 0.898. The first-order valence-electron chi connectivity index (χ1n) is 12.3. The molecule has 0 radical (unpaired) electrons. The van der Waals surface area contributed by atoms with Gasteiger partial charge in [0.25, 0.3) is 0 Å². The number of nitrogens with zero attached hydrogens (tertiary/aromatic N) is 6. The molecule has 178 valence electrons. The molecule has 0 unspecified atom stereocenters. The third-order valence-corrected chi connectivity index (χ3v) is 6.82. The molecule has 5 aromatic rings. The zero-order valence-electron chi connectivity index (χ0n) is 20.1. The molecule has 0 bridgehead atoms. The maximum absolute atomic E-state index is 5.31. The number of aromatic nitrogens is 5. The minimum atomic E-state index is 0. The summed E-state index contributed by atoms with van der Waals surface area (Å²) in [5, 5.41) is 14.9. The average Bonchev–Trinajstić information content (AvgIpc) is 3.57. The van der Waals surface area contributed by atoms with E-state index in [0.29, 0.717) is 12.1 Å². The topological polar surface area (TPSA) is 71.2 Å². The van der Waals surface area contributed by atoms with Gasteiger partial charge in [-0.3, -0.25) is 9.38 Å². The lowest BCUT2D eigenvalue weighted by Crippen LogP contribution is -2.41. The summed E-state index contributed by atoms with van der Waals surface area (Å²) in [4.78, 5) is 12.0. The van der Waals surface area contributed by atoms with E-state index < -0.39 is 0 Å². The van der Waals surface area contributed by atoms with Crippen LogP contribution in [0, 0.1) is 0 Å². The number of fused-ring (bicyclic) bond motifs is 2. The van der Waals surface area contributed by atoms with Gasteiger partial charge in [0.2, 0.25) is 5.95 Å². The van der Waals surface area contributed by atoms with E-state index in [2.05, 4.69) is 86.1 Å². The van der Waals surface area contributed by atoms with Gasteiger partial charge < -0.3 is 10.2 Å². The lowest BCUT2D eigenvalue weighted by Gasteiger charge is -2.28. The molecule has 2 aromatic carbocycles. The first kappa shape index (κ1) is 21.7. The number of nitrogens with one attached hydrogen (secondary N) is 1. The van der Waals surface area contributed by atoms with Gasteiger partial charge in [-0.2, -0.15) is 0 Å². The molecule has 0 spiro atoms. The molecule has 1 fully saturated rings. The van der Waals surface area contributed by atoms with Gasteiger partial charge in [-0.25, -0.2) is 4.98 Å². The second kappa shape index (κ2) is 9.07. The van der Waals surface area contributed by atoms with Crippen LogP contribution in [0.3, 0.4) is 0 Å². The van der Waals surface area contributed by atoms with Gasteiger partial charge in [0.15, 0.2) is 5.65 Å². The lowest BCUT2D eigenvalue weighted by atomic mass is 9.98. The Balaban J connectivity index is 0.00000267. The summed E-state index contributed by atoms with van der Waals surface area (Å²) in [7, 11) is 0. The van der Waals surface area contributed by atoms with Crippen molar-refractivity contribution in [3.8, 4) is 22.4 Å². The summed E-state index contributed by atoms with van der Waals surface area (Å²) in [6, 6.07) is 19.8. The fourth-order valence-corrected chi connectivity index (χ4v) is 5.08. The Hall–Kier alpha value is -3.84. The van der Waals surface area contributed by atoms with Crippen molar-refractivity contribution in [1.29, 1.82) is 0 Å². The second-order valence-electron chi connectivity index (χ2n) is 9.51. The van der Waals surface area contributed by atoms with Crippen LogP contribution < -0.4 is 10.2 Å². The summed E-state index contributed by atoms with van der Waals surface area (Å²) in [6.45, 7) is 6.28. The number of pyridine rings is 1. The number of anilines is 1. The molecular formula is C28H31N7. The minimum absolute atomic E-state index is 0. The van der Waals surface area contributed by atoms with Crippen LogP contribution in [0.5, 0.6) is 0 Å². The van der Waals surface area contributed by atoms with E-state index in [1.807, 2.05) is 24.5 Å². The van der Waals surface area contributed by atoms with Gasteiger partial charge in [-0.15, -0.1) is 10.2 Å². The zero-order chi connectivity index (χ0) is 23.8.